The molecule has 0 radical (unpaired) electrons. The van der Waals surface area contributed by atoms with Crippen LogP contribution in [0.2, 0.25) is 0 Å². The first kappa shape index (κ1) is 32.2. The SMILES string of the molecule is CCC(Sc1cccc(NC(=O)/C(=C/c2cccs2)NC(=O)c2ccccc2)c1)C(=O)Nc1sc2c(c1C(=O)OC)CCCC2. The molecule has 3 N–H and O–H groups in total. The number of hydrogen-bond acceptors (Lipinski definition) is 8. The van der Waals surface area contributed by atoms with Gasteiger partial charge in [-0.2, -0.15) is 0 Å². The lowest BCUT2D eigenvalue weighted by Crippen LogP contribution is -2.30. The topological polar surface area (TPSA) is 114 Å². The minimum Gasteiger partial charge on any atom is -0.465 e. The molecule has 5 rings (SSSR count). The standard InChI is InChI=1S/C34H33N3O5S3/c1-3-27(32(40)37-33-29(34(41)42-2)25-16-7-8-17-28(25)45-33)44-24-14-9-13-22(19-24)35-31(39)26(20-23-15-10-18-43-23)36-30(38)21-11-5-4-6-12-21/h4-6,9-15,18-20,27H,3,7-8,16-17H2,1-2H3,(H,35,39)(H,36,38)(H,37,40)/b26-20-. The van der Waals surface area contributed by atoms with Crippen LogP contribution in [0, 0.1) is 0 Å². The molecule has 45 heavy (non-hydrogen) atoms. The quantitative estimate of drug-likeness (QED) is 0.0879. The number of aryl methyl sites for hydroxylation is 1. The third-order valence-electron chi connectivity index (χ3n) is 7.19. The summed E-state index contributed by atoms with van der Waals surface area (Å²) in [6.07, 6.45) is 5.95. The summed E-state index contributed by atoms with van der Waals surface area (Å²) in [5, 5.41) is 10.6. The van der Waals surface area contributed by atoms with Gasteiger partial charge in [-0.15, -0.1) is 34.4 Å². The van der Waals surface area contributed by atoms with E-state index < -0.39 is 23.0 Å². The van der Waals surface area contributed by atoms with Gasteiger partial charge in [0.05, 0.1) is 17.9 Å². The number of thiophene rings is 2. The Morgan fingerprint density at radius 1 is 0.978 bits per heavy atom. The number of methoxy groups -OCH3 is 1. The summed E-state index contributed by atoms with van der Waals surface area (Å²) in [7, 11) is 1.36. The number of carbonyl (C=O) groups excluding carboxylic acids is 4. The maximum atomic E-state index is 13.5. The minimum atomic E-state index is -0.475. The third kappa shape index (κ3) is 8.10. The normalized spacial score (nSPS) is 13.3. The van der Waals surface area contributed by atoms with E-state index in [-0.39, 0.29) is 11.6 Å². The van der Waals surface area contributed by atoms with E-state index in [0.29, 0.717) is 28.2 Å². The lowest BCUT2D eigenvalue weighted by molar-refractivity contribution is -0.116. The molecule has 1 unspecified atom stereocenters. The summed E-state index contributed by atoms with van der Waals surface area (Å²) in [5.41, 5.74) is 2.53. The molecule has 2 heterocycles. The van der Waals surface area contributed by atoms with Crippen molar-refractivity contribution < 1.29 is 23.9 Å². The lowest BCUT2D eigenvalue weighted by Gasteiger charge is -2.16. The smallest absolute Gasteiger partial charge is 0.341 e. The van der Waals surface area contributed by atoms with Crippen LogP contribution in [0.3, 0.4) is 0 Å². The Balaban J connectivity index is 1.29. The van der Waals surface area contributed by atoms with E-state index in [1.807, 2.05) is 36.6 Å². The number of rotatable bonds is 11. The number of amides is 3. The number of esters is 1. The van der Waals surface area contributed by atoms with E-state index in [2.05, 4.69) is 16.0 Å². The fourth-order valence-electron chi connectivity index (χ4n) is 4.95. The van der Waals surface area contributed by atoms with Crippen molar-refractivity contribution in [2.45, 2.75) is 49.2 Å². The van der Waals surface area contributed by atoms with E-state index in [4.69, 9.17) is 4.74 Å². The van der Waals surface area contributed by atoms with Crippen molar-refractivity contribution in [3.63, 3.8) is 0 Å². The van der Waals surface area contributed by atoms with Gasteiger partial charge in [-0.3, -0.25) is 14.4 Å². The van der Waals surface area contributed by atoms with Crippen molar-refractivity contribution in [1.29, 1.82) is 0 Å². The Bertz CT molecular complexity index is 1710. The molecule has 232 valence electrons. The summed E-state index contributed by atoms with van der Waals surface area (Å²) in [5.74, 6) is -1.50. The van der Waals surface area contributed by atoms with Gasteiger partial charge in [0.25, 0.3) is 11.8 Å². The summed E-state index contributed by atoms with van der Waals surface area (Å²) in [6.45, 7) is 1.93. The van der Waals surface area contributed by atoms with Crippen LogP contribution in [0.5, 0.6) is 0 Å². The average Bonchev–Trinajstić information content (AvgIpc) is 3.71. The molecule has 1 aliphatic carbocycles. The van der Waals surface area contributed by atoms with Crippen molar-refractivity contribution in [1.82, 2.24) is 5.32 Å². The van der Waals surface area contributed by atoms with Crippen LogP contribution in [0.1, 0.15) is 62.2 Å². The zero-order valence-corrected chi connectivity index (χ0v) is 27.3. The van der Waals surface area contributed by atoms with Crippen LogP contribution in [0.25, 0.3) is 6.08 Å². The summed E-state index contributed by atoms with van der Waals surface area (Å²) in [4.78, 5) is 55.1. The number of thioether (sulfide) groups is 1. The molecule has 11 heteroatoms. The first-order chi connectivity index (χ1) is 21.9. The predicted molar refractivity (Wildman–Crippen MR) is 182 cm³/mol. The highest BCUT2D eigenvalue weighted by Gasteiger charge is 2.28. The van der Waals surface area contributed by atoms with Crippen molar-refractivity contribution >= 4 is 74.9 Å². The van der Waals surface area contributed by atoms with Crippen LogP contribution in [-0.4, -0.2) is 36.1 Å². The number of benzene rings is 2. The molecule has 0 fully saturated rings. The van der Waals surface area contributed by atoms with Crippen molar-refractivity contribution in [2.75, 3.05) is 17.7 Å². The van der Waals surface area contributed by atoms with Gasteiger partial charge >= 0.3 is 5.97 Å². The van der Waals surface area contributed by atoms with Gasteiger partial charge in [-0.25, -0.2) is 4.79 Å². The summed E-state index contributed by atoms with van der Waals surface area (Å²) < 4.78 is 5.05. The Hall–Kier alpha value is -4.19. The maximum Gasteiger partial charge on any atom is 0.341 e. The zero-order chi connectivity index (χ0) is 31.8. The van der Waals surface area contributed by atoms with Gasteiger partial charge in [0.15, 0.2) is 0 Å². The fourth-order valence-corrected chi connectivity index (χ4v) is 7.91. The Morgan fingerprint density at radius 2 is 1.78 bits per heavy atom. The number of carbonyl (C=O) groups is 4. The van der Waals surface area contributed by atoms with E-state index in [1.165, 1.54) is 41.5 Å². The van der Waals surface area contributed by atoms with Crippen LogP contribution in [0.4, 0.5) is 10.7 Å². The molecule has 0 aliphatic heterocycles. The van der Waals surface area contributed by atoms with Gasteiger partial charge in [0.2, 0.25) is 5.91 Å². The molecule has 0 spiro atoms. The van der Waals surface area contributed by atoms with E-state index >= 15 is 0 Å². The second kappa shape index (κ2) is 15.2. The van der Waals surface area contributed by atoms with E-state index in [9.17, 15) is 19.2 Å². The number of ether oxygens (including phenoxy) is 1. The molecule has 2 aromatic carbocycles. The molecule has 0 saturated carbocycles. The van der Waals surface area contributed by atoms with Gasteiger partial charge < -0.3 is 20.7 Å². The third-order valence-corrected chi connectivity index (χ3v) is 10.6. The second-order valence-corrected chi connectivity index (χ2v) is 13.6. The minimum absolute atomic E-state index is 0.107. The molecular weight excluding hydrogens is 627 g/mol. The van der Waals surface area contributed by atoms with Crippen molar-refractivity contribution in [2.24, 2.45) is 0 Å². The Kier molecular flexibility index (Phi) is 10.9. The van der Waals surface area contributed by atoms with Gasteiger partial charge in [0.1, 0.15) is 10.7 Å². The average molecular weight is 660 g/mol. The highest BCUT2D eigenvalue weighted by molar-refractivity contribution is 8.00. The summed E-state index contributed by atoms with van der Waals surface area (Å²) >= 11 is 4.28. The van der Waals surface area contributed by atoms with Crippen molar-refractivity contribution in [3.8, 4) is 0 Å². The molecule has 0 saturated heterocycles. The molecule has 2 aromatic heterocycles. The first-order valence-electron chi connectivity index (χ1n) is 14.6. The Labute approximate surface area is 274 Å². The van der Waals surface area contributed by atoms with Crippen molar-refractivity contribution in [3.05, 3.63) is 104 Å². The van der Waals surface area contributed by atoms with E-state index in [0.717, 1.165) is 45.9 Å². The fraction of sp³-hybridized carbons (Fsp3) is 0.235. The molecule has 1 atom stereocenters. The molecular formula is C34H33N3O5S3. The van der Waals surface area contributed by atoms with Crippen LogP contribution in [-0.2, 0) is 27.2 Å². The molecule has 0 bridgehead atoms. The predicted octanol–water partition coefficient (Wildman–Crippen LogP) is 7.39. The maximum absolute atomic E-state index is 13.5. The molecule has 3 amide bonds. The lowest BCUT2D eigenvalue weighted by atomic mass is 9.95. The highest BCUT2D eigenvalue weighted by Crippen LogP contribution is 2.39. The molecule has 8 nitrogen and oxygen atoms in total. The second-order valence-electron chi connectivity index (χ2n) is 10.3. The van der Waals surface area contributed by atoms with Gasteiger partial charge in [0, 0.05) is 25.9 Å². The monoisotopic (exact) mass is 659 g/mol. The first-order valence-corrected chi connectivity index (χ1v) is 17.2. The van der Waals surface area contributed by atoms with Crippen LogP contribution >= 0.6 is 34.4 Å². The number of anilines is 2. The molecule has 4 aromatic rings. The highest BCUT2D eigenvalue weighted by atomic mass is 32.2. The molecule has 1 aliphatic rings. The Morgan fingerprint density at radius 3 is 2.51 bits per heavy atom. The number of nitrogens with one attached hydrogen (secondary N) is 3. The number of hydrogen-bond donors (Lipinski definition) is 3. The van der Waals surface area contributed by atoms with E-state index in [1.54, 1.807) is 48.5 Å². The van der Waals surface area contributed by atoms with Gasteiger partial charge in [-0.1, -0.05) is 37.3 Å². The van der Waals surface area contributed by atoms with Gasteiger partial charge in [-0.05, 0) is 85.5 Å². The van der Waals surface area contributed by atoms with Crippen LogP contribution in [0.15, 0.2) is 82.7 Å². The number of fused-ring (bicyclic) bond motifs is 1. The zero-order valence-electron chi connectivity index (χ0n) is 24.9. The largest absolute Gasteiger partial charge is 0.465 e. The van der Waals surface area contributed by atoms with Crippen LogP contribution < -0.4 is 16.0 Å². The summed E-state index contributed by atoms with van der Waals surface area (Å²) in [6, 6.07) is 19.7.